The molecule has 2 aromatic carbocycles. The highest BCUT2D eigenvalue weighted by Crippen LogP contribution is 2.13. The van der Waals surface area contributed by atoms with E-state index >= 15 is 0 Å². The summed E-state index contributed by atoms with van der Waals surface area (Å²) < 4.78 is 0. The highest BCUT2D eigenvalue weighted by atomic mass is 16.3. The number of aromatic hydroxyl groups is 2. The Morgan fingerprint density at radius 1 is 0.833 bits per heavy atom. The van der Waals surface area contributed by atoms with Crippen molar-refractivity contribution in [2.75, 3.05) is 40.3 Å². The van der Waals surface area contributed by atoms with Gasteiger partial charge in [-0.2, -0.15) is 0 Å². The summed E-state index contributed by atoms with van der Waals surface area (Å²) in [7, 11) is 3.48. The Hall–Kier alpha value is -3.35. The van der Waals surface area contributed by atoms with Crippen molar-refractivity contribution in [2.24, 2.45) is 9.98 Å². The Labute approximate surface area is 178 Å². The van der Waals surface area contributed by atoms with Crippen molar-refractivity contribution in [3.05, 3.63) is 59.7 Å². The third-order valence-corrected chi connectivity index (χ3v) is 4.42. The van der Waals surface area contributed by atoms with Gasteiger partial charge in [0.2, 0.25) is 0 Å². The van der Waals surface area contributed by atoms with E-state index < -0.39 is 0 Å². The monoisotopic (exact) mass is 410 g/mol. The number of hydrogen-bond donors (Lipinski definition) is 2. The number of phenolic OH excluding ortho intramolecular Hbond substituents is 2. The molecule has 0 saturated heterocycles. The van der Waals surface area contributed by atoms with Gasteiger partial charge in [-0.25, -0.2) is 4.79 Å². The molecular weight excluding hydrogens is 380 g/mol. The SMILES string of the molecule is CN(C)C(=O)N(CCCN=Cc1ccccc1O)CCCN=Cc1ccccc1O. The van der Waals surface area contributed by atoms with Crippen molar-refractivity contribution < 1.29 is 15.0 Å². The Bertz CT molecular complexity index is 804. The topological polar surface area (TPSA) is 88.7 Å². The zero-order chi connectivity index (χ0) is 21.8. The molecule has 7 nitrogen and oxygen atoms in total. The number of urea groups is 1. The van der Waals surface area contributed by atoms with Crippen molar-refractivity contribution in [2.45, 2.75) is 12.8 Å². The summed E-state index contributed by atoms with van der Waals surface area (Å²) in [4.78, 5) is 24.5. The van der Waals surface area contributed by atoms with Crippen LogP contribution in [0.5, 0.6) is 11.5 Å². The second kappa shape index (κ2) is 12.3. The molecule has 0 spiro atoms. The maximum absolute atomic E-state index is 12.4. The van der Waals surface area contributed by atoms with Crippen LogP contribution in [0.3, 0.4) is 0 Å². The van der Waals surface area contributed by atoms with Gasteiger partial charge in [0, 0.05) is 63.8 Å². The average molecular weight is 411 g/mol. The first-order valence-corrected chi connectivity index (χ1v) is 10.0. The quantitative estimate of drug-likeness (QED) is 0.465. The number of rotatable bonds is 10. The Morgan fingerprint density at radius 3 is 1.67 bits per heavy atom. The van der Waals surface area contributed by atoms with E-state index in [2.05, 4.69) is 9.98 Å². The third-order valence-electron chi connectivity index (χ3n) is 4.42. The lowest BCUT2D eigenvalue weighted by atomic mass is 10.2. The lowest BCUT2D eigenvalue weighted by molar-refractivity contribution is 0.170. The fourth-order valence-electron chi connectivity index (χ4n) is 2.81. The van der Waals surface area contributed by atoms with Gasteiger partial charge < -0.3 is 20.0 Å². The lowest BCUT2D eigenvalue weighted by Gasteiger charge is -2.25. The molecule has 2 aromatic rings. The van der Waals surface area contributed by atoms with Crippen LogP contribution < -0.4 is 0 Å². The van der Waals surface area contributed by atoms with E-state index in [-0.39, 0.29) is 17.5 Å². The van der Waals surface area contributed by atoms with Gasteiger partial charge in [0.1, 0.15) is 11.5 Å². The van der Waals surface area contributed by atoms with E-state index in [4.69, 9.17) is 0 Å². The average Bonchev–Trinajstić information content (AvgIpc) is 2.73. The minimum absolute atomic E-state index is 0.0376. The predicted molar refractivity (Wildman–Crippen MR) is 121 cm³/mol. The fraction of sp³-hybridized carbons (Fsp3) is 0.348. The van der Waals surface area contributed by atoms with Gasteiger partial charge in [0.15, 0.2) is 0 Å². The maximum Gasteiger partial charge on any atom is 0.319 e. The minimum atomic E-state index is -0.0376. The standard InChI is InChI=1S/C23H30N4O3/c1-26(2)23(30)27(15-7-13-24-17-19-9-3-5-11-21(19)28)16-8-14-25-18-20-10-4-6-12-22(20)29/h3-6,9-12,17-18,28-29H,7-8,13-16H2,1-2H3. The predicted octanol–water partition coefficient (Wildman–Crippen LogP) is 3.40. The van der Waals surface area contributed by atoms with E-state index in [1.807, 2.05) is 12.1 Å². The summed E-state index contributed by atoms with van der Waals surface area (Å²) in [6, 6.07) is 14.0. The molecule has 2 rings (SSSR count). The summed E-state index contributed by atoms with van der Waals surface area (Å²) >= 11 is 0. The number of aliphatic imine (C=N–C) groups is 2. The largest absolute Gasteiger partial charge is 0.507 e. The molecular formula is C23H30N4O3. The number of phenols is 2. The van der Waals surface area contributed by atoms with Gasteiger partial charge in [-0.05, 0) is 37.1 Å². The molecule has 0 aromatic heterocycles. The zero-order valence-electron chi connectivity index (χ0n) is 17.6. The third kappa shape index (κ3) is 7.58. The van der Waals surface area contributed by atoms with Gasteiger partial charge in [0.25, 0.3) is 0 Å². The van der Waals surface area contributed by atoms with E-state index in [9.17, 15) is 15.0 Å². The van der Waals surface area contributed by atoms with Gasteiger partial charge in [0.05, 0.1) is 0 Å². The first-order chi connectivity index (χ1) is 14.5. The lowest BCUT2D eigenvalue weighted by Crippen LogP contribution is -2.40. The van der Waals surface area contributed by atoms with Crippen LogP contribution in [-0.4, -0.2) is 78.7 Å². The first-order valence-electron chi connectivity index (χ1n) is 10.0. The fourth-order valence-corrected chi connectivity index (χ4v) is 2.81. The van der Waals surface area contributed by atoms with Crippen LogP contribution in [0.1, 0.15) is 24.0 Å². The summed E-state index contributed by atoms with van der Waals surface area (Å²) in [5, 5.41) is 19.5. The maximum atomic E-state index is 12.4. The number of hydrogen-bond acceptors (Lipinski definition) is 5. The second-order valence-corrected chi connectivity index (χ2v) is 7.06. The highest BCUT2D eigenvalue weighted by Gasteiger charge is 2.14. The molecule has 160 valence electrons. The van der Waals surface area contributed by atoms with Crippen molar-refractivity contribution in [1.29, 1.82) is 0 Å². The van der Waals surface area contributed by atoms with Gasteiger partial charge in [-0.15, -0.1) is 0 Å². The normalized spacial score (nSPS) is 11.3. The van der Waals surface area contributed by atoms with Crippen LogP contribution in [0.4, 0.5) is 4.79 Å². The Morgan fingerprint density at radius 2 is 1.27 bits per heavy atom. The molecule has 0 aliphatic carbocycles. The molecule has 0 atom stereocenters. The summed E-state index contributed by atoms with van der Waals surface area (Å²) in [6.07, 6.45) is 4.76. The van der Waals surface area contributed by atoms with Crippen molar-refractivity contribution in [3.8, 4) is 11.5 Å². The van der Waals surface area contributed by atoms with Crippen LogP contribution in [-0.2, 0) is 0 Å². The Kier molecular flexibility index (Phi) is 9.37. The zero-order valence-corrected chi connectivity index (χ0v) is 17.6. The number of para-hydroxylation sites is 2. The molecule has 7 heteroatoms. The highest BCUT2D eigenvalue weighted by molar-refractivity contribution is 5.83. The summed E-state index contributed by atoms with van der Waals surface area (Å²) in [5.41, 5.74) is 1.36. The van der Waals surface area contributed by atoms with Gasteiger partial charge in [-0.3, -0.25) is 9.98 Å². The molecule has 0 saturated carbocycles. The molecule has 0 unspecified atom stereocenters. The van der Waals surface area contributed by atoms with Crippen LogP contribution in [0.2, 0.25) is 0 Å². The van der Waals surface area contributed by atoms with Crippen molar-refractivity contribution in [3.63, 3.8) is 0 Å². The number of nitrogens with zero attached hydrogens (tertiary/aromatic N) is 4. The molecule has 0 radical (unpaired) electrons. The molecule has 0 aliphatic heterocycles. The number of carbonyl (C=O) groups excluding carboxylic acids is 1. The molecule has 2 N–H and O–H groups in total. The molecule has 0 fully saturated rings. The molecule has 30 heavy (non-hydrogen) atoms. The second-order valence-electron chi connectivity index (χ2n) is 7.06. The molecule has 0 aliphatic rings. The van der Waals surface area contributed by atoms with E-state index in [1.54, 1.807) is 72.7 Å². The number of amides is 2. The minimum Gasteiger partial charge on any atom is -0.507 e. The van der Waals surface area contributed by atoms with Gasteiger partial charge in [-0.1, -0.05) is 24.3 Å². The first kappa shape index (κ1) is 22.9. The van der Waals surface area contributed by atoms with Gasteiger partial charge >= 0.3 is 6.03 Å². The smallest absolute Gasteiger partial charge is 0.319 e. The van der Waals surface area contributed by atoms with Crippen molar-refractivity contribution >= 4 is 18.5 Å². The van der Waals surface area contributed by atoms with E-state index in [1.165, 1.54) is 0 Å². The summed E-state index contributed by atoms with van der Waals surface area (Å²) in [5.74, 6) is 0.407. The molecule has 0 bridgehead atoms. The molecule has 2 amide bonds. The van der Waals surface area contributed by atoms with Crippen LogP contribution in [0.25, 0.3) is 0 Å². The number of benzene rings is 2. The molecule has 0 heterocycles. The van der Waals surface area contributed by atoms with E-state index in [0.29, 0.717) is 37.3 Å². The summed E-state index contributed by atoms with van der Waals surface area (Å²) in [6.45, 7) is 2.32. The number of carbonyl (C=O) groups is 1. The van der Waals surface area contributed by atoms with Crippen LogP contribution in [0.15, 0.2) is 58.5 Å². The van der Waals surface area contributed by atoms with E-state index in [0.717, 1.165) is 12.8 Å². The Balaban J connectivity index is 1.78. The van der Waals surface area contributed by atoms with Crippen molar-refractivity contribution in [1.82, 2.24) is 9.80 Å². The van der Waals surface area contributed by atoms with Crippen LogP contribution in [0, 0.1) is 0 Å². The van der Waals surface area contributed by atoms with Crippen LogP contribution >= 0.6 is 0 Å².